The standard InChI is InChI=1S/C18H24F2N4O2/c1-4-14-10-16(26-23-14)11-22-18(21-5-2)24(3)12-13-6-8-15(9-7-13)25-17(19)20/h6-10,17H,4-5,11-12H2,1-3H3,(H,21,22). The van der Waals surface area contributed by atoms with Gasteiger partial charge in [0.1, 0.15) is 12.3 Å². The topological polar surface area (TPSA) is 62.9 Å². The van der Waals surface area contributed by atoms with Gasteiger partial charge in [-0.05, 0) is 31.0 Å². The molecule has 2 rings (SSSR count). The summed E-state index contributed by atoms with van der Waals surface area (Å²) in [6.45, 7) is 2.86. The van der Waals surface area contributed by atoms with E-state index in [1.54, 1.807) is 12.1 Å². The van der Waals surface area contributed by atoms with Gasteiger partial charge in [-0.3, -0.25) is 0 Å². The number of aliphatic imine (C=N–C) groups is 1. The molecule has 0 atom stereocenters. The van der Waals surface area contributed by atoms with E-state index in [-0.39, 0.29) is 5.75 Å². The van der Waals surface area contributed by atoms with Crippen LogP contribution in [0.15, 0.2) is 39.8 Å². The molecule has 0 spiro atoms. The Morgan fingerprint density at radius 1 is 1.31 bits per heavy atom. The molecule has 1 aromatic heterocycles. The molecule has 1 N–H and O–H groups in total. The summed E-state index contributed by atoms with van der Waals surface area (Å²) in [5.74, 6) is 1.57. The highest BCUT2D eigenvalue weighted by molar-refractivity contribution is 5.79. The summed E-state index contributed by atoms with van der Waals surface area (Å²) >= 11 is 0. The van der Waals surface area contributed by atoms with Gasteiger partial charge in [-0.15, -0.1) is 0 Å². The van der Waals surface area contributed by atoms with Crippen molar-refractivity contribution in [2.75, 3.05) is 13.6 Å². The third-order valence-corrected chi connectivity index (χ3v) is 3.62. The van der Waals surface area contributed by atoms with Gasteiger partial charge in [0.2, 0.25) is 0 Å². The number of alkyl halides is 2. The Balaban J connectivity index is 2.00. The summed E-state index contributed by atoms with van der Waals surface area (Å²) in [4.78, 5) is 6.51. The Kier molecular flexibility index (Phi) is 7.37. The van der Waals surface area contributed by atoms with E-state index >= 15 is 0 Å². The van der Waals surface area contributed by atoms with E-state index in [0.29, 0.717) is 18.8 Å². The van der Waals surface area contributed by atoms with Gasteiger partial charge in [-0.2, -0.15) is 8.78 Å². The quantitative estimate of drug-likeness (QED) is 0.573. The molecule has 142 valence electrons. The number of hydrogen-bond acceptors (Lipinski definition) is 4. The van der Waals surface area contributed by atoms with E-state index in [4.69, 9.17) is 4.52 Å². The highest BCUT2D eigenvalue weighted by Crippen LogP contribution is 2.16. The van der Waals surface area contributed by atoms with Crippen molar-refractivity contribution in [3.63, 3.8) is 0 Å². The van der Waals surface area contributed by atoms with E-state index in [0.717, 1.165) is 30.2 Å². The van der Waals surface area contributed by atoms with Gasteiger partial charge >= 0.3 is 6.61 Å². The number of nitrogens with zero attached hydrogens (tertiary/aromatic N) is 3. The molecule has 0 aliphatic heterocycles. The number of hydrogen-bond donors (Lipinski definition) is 1. The lowest BCUT2D eigenvalue weighted by Crippen LogP contribution is -2.38. The molecule has 0 radical (unpaired) electrons. The van der Waals surface area contributed by atoms with Gasteiger partial charge in [0.25, 0.3) is 0 Å². The number of guanidine groups is 1. The molecule has 1 heterocycles. The van der Waals surface area contributed by atoms with Crippen molar-refractivity contribution in [3.05, 3.63) is 47.3 Å². The Labute approximate surface area is 151 Å². The normalized spacial score (nSPS) is 11.7. The Morgan fingerprint density at radius 2 is 2.04 bits per heavy atom. The fourth-order valence-corrected chi connectivity index (χ4v) is 2.34. The zero-order chi connectivity index (χ0) is 18.9. The van der Waals surface area contributed by atoms with Crippen molar-refractivity contribution < 1.29 is 18.0 Å². The van der Waals surface area contributed by atoms with Crippen LogP contribution in [0.3, 0.4) is 0 Å². The maximum absolute atomic E-state index is 12.2. The largest absolute Gasteiger partial charge is 0.435 e. The van der Waals surface area contributed by atoms with Crippen LogP contribution in [-0.2, 0) is 19.5 Å². The lowest BCUT2D eigenvalue weighted by Gasteiger charge is -2.22. The zero-order valence-electron chi connectivity index (χ0n) is 15.2. The van der Waals surface area contributed by atoms with Gasteiger partial charge in [-0.25, -0.2) is 4.99 Å². The SMILES string of the molecule is CCNC(=NCc1cc(CC)no1)N(C)Cc1ccc(OC(F)F)cc1. The maximum Gasteiger partial charge on any atom is 0.387 e. The minimum absolute atomic E-state index is 0.143. The monoisotopic (exact) mass is 366 g/mol. The molecule has 0 aliphatic rings. The van der Waals surface area contributed by atoms with E-state index in [9.17, 15) is 8.78 Å². The summed E-state index contributed by atoms with van der Waals surface area (Å²) in [5, 5.41) is 7.18. The molecule has 2 aromatic rings. The Morgan fingerprint density at radius 3 is 2.62 bits per heavy atom. The molecule has 0 amide bonds. The first-order chi connectivity index (χ1) is 12.5. The van der Waals surface area contributed by atoms with Gasteiger partial charge in [0, 0.05) is 26.2 Å². The molecule has 0 fully saturated rings. The molecular weight excluding hydrogens is 342 g/mol. The molecule has 0 unspecified atom stereocenters. The predicted molar refractivity (Wildman–Crippen MR) is 95.2 cm³/mol. The van der Waals surface area contributed by atoms with Gasteiger partial charge < -0.3 is 19.5 Å². The molecule has 0 aliphatic carbocycles. The molecule has 1 aromatic carbocycles. The van der Waals surface area contributed by atoms with Gasteiger partial charge in [-0.1, -0.05) is 24.2 Å². The minimum Gasteiger partial charge on any atom is -0.435 e. The third kappa shape index (κ3) is 6.02. The fraction of sp³-hybridized carbons (Fsp3) is 0.444. The first kappa shape index (κ1) is 19.7. The number of halogens is 2. The van der Waals surface area contributed by atoms with Gasteiger partial charge in [0.15, 0.2) is 11.7 Å². The number of nitrogens with one attached hydrogen (secondary N) is 1. The number of benzene rings is 1. The van der Waals surface area contributed by atoms with Crippen molar-refractivity contribution in [1.29, 1.82) is 0 Å². The van der Waals surface area contributed by atoms with E-state index in [2.05, 4.69) is 20.2 Å². The molecule has 0 bridgehead atoms. The van der Waals surface area contributed by atoms with Crippen LogP contribution in [0.1, 0.15) is 30.9 Å². The highest BCUT2D eigenvalue weighted by Gasteiger charge is 2.09. The van der Waals surface area contributed by atoms with Crippen molar-refractivity contribution in [2.24, 2.45) is 4.99 Å². The number of aromatic nitrogens is 1. The molecule has 0 saturated carbocycles. The third-order valence-electron chi connectivity index (χ3n) is 3.62. The van der Waals surface area contributed by atoms with Gasteiger partial charge in [0.05, 0.1) is 5.69 Å². The maximum atomic E-state index is 12.2. The average Bonchev–Trinajstić information content (AvgIpc) is 3.08. The average molecular weight is 366 g/mol. The van der Waals surface area contributed by atoms with E-state index in [1.165, 1.54) is 12.1 Å². The first-order valence-corrected chi connectivity index (χ1v) is 8.49. The lowest BCUT2D eigenvalue weighted by atomic mass is 10.2. The smallest absolute Gasteiger partial charge is 0.387 e. The summed E-state index contributed by atoms with van der Waals surface area (Å²) in [6, 6.07) is 8.46. The van der Waals surface area contributed by atoms with Crippen molar-refractivity contribution in [2.45, 2.75) is 40.0 Å². The first-order valence-electron chi connectivity index (χ1n) is 8.49. The van der Waals surface area contributed by atoms with Crippen molar-refractivity contribution in [3.8, 4) is 5.75 Å². The van der Waals surface area contributed by atoms with Crippen LogP contribution in [0.25, 0.3) is 0 Å². The van der Waals surface area contributed by atoms with E-state index in [1.807, 2.05) is 31.9 Å². The highest BCUT2D eigenvalue weighted by atomic mass is 19.3. The molecular formula is C18H24F2N4O2. The minimum atomic E-state index is -2.82. The van der Waals surface area contributed by atoms with Crippen LogP contribution < -0.4 is 10.1 Å². The Bertz CT molecular complexity index is 701. The lowest BCUT2D eigenvalue weighted by molar-refractivity contribution is -0.0498. The molecule has 0 saturated heterocycles. The van der Waals surface area contributed by atoms with Crippen LogP contribution in [0.4, 0.5) is 8.78 Å². The predicted octanol–water partition coefficient (Wildman–Crippen LogP) is 3.44. The van der Waals surface area contributed by atoms with Crippen LogP contribution in [0.5, 0.6) is 5.75 Å². The number of ether oxygens (including phenoxy) is 1. The second-order valence-electron chi connectivity index (χ2n) is 5.69. The second-order valence-corrected chi connectivity index (χ2v) is 5.69. The number of rotatable bonds is 8. The molecule has 8 heteroatoms. The number of aryl methyl sites for hydroxylation is 1. The summed E-state index contributed by atoms with van der Waals surface area (Å²) in [6.07, 6.45) is 0.818. The molecule has 6 nitrogen and oxygen atoms in total. The zero-order valence-corrected chi connectivity index (χ0v) is 15.2. The van der Waals surface area contributed by atoms with Crippen LogP contribution in [-0.4, -0.2) is 36.2 Å². The second kappa shape index (κ2) is 9.74. The van der Waals surface area contributed by atoms with Crippen LogP contribution in [0, 0.1) is 0 Å². The van der Waals surface area contributed by atoms with Crippen LogP contribution >= 0.6 is 0 Å². The summed E-state index contributed by atoms with van der Waals surface area (Å²) < 4.78 is 34.0. The van der Waals surface area contributed by atoms with Crippen molar-refractivity contribution in [1.82, 2.24) is 15.4 Å². The summed E-state index contributed by atoms with van der Waals surface area (Å²) in [7, 11) is 1.91. The van der Waals surface area contributed by atoms with E-state index < -0.39 is 6.61 Å². The fourth-order valence-electron chi connectivity index (χ4n) is 2.34. The Hall–Kier alpha value is -2.64. The summed E-state index contributed by atoms with van der Waals surface area (Å²) in [5.41, 5.74) is 1.85. The van der Waals surface area contributed by atoms with Crippen molar-refractivity contribution >= 4 is 5.96 Å². The van der Waals surface area contributed by atoms with Crippen LogP contribution in [0.2, 0.25) is 0 Å². The molecule has 26 heavy (non-hydrogen) atoms.